The number of halogens is 1. The van der Waals surface area contributed by atoms with Gasteiger partial charge in [0.05, 0.1) is 24.1 Å². The molecule has 0 atom stereocenters. The van der Waals surface area contributed by atoms with Crippen LogP contribution in [-0.2, 0) is 0 Å². The lowest BCUT2D eigenvalue weighted by Gasteiger charge is -2.08. The van der Waals surface area contributed by atoms with Gasteiger partial charge in [0.2, 0.25) is 0 Å². The van der Waals surface area contributed by atoms with Crippen LogP contribution in [-0.4, -0.2) is 23.9 Å². The number of anilines is 1. The maximum Gasteiger partial charge on any atom is 0.337 e. The highest BCUT2D eigenvalue weighted by Crippen LogP contribution is 2.22. The second-order valence-electron chi connectivity index (χ2n) is 4.34. The fraction of sp³-hybridized carbons (Fsp3) is 0.125. The molecule has 0 heterocycles. The first-order valence-corrected chi connectivity index (χ1v) is 7.45. The van der Waals surface area contributed by atoms with Crippen molar-refractivity contribution in [3.05, 3.63) is 58.1 Å². The Hall–Kier alpha value is -2.34. The minimum Gasteiger partial charge on any atom is -0.493 e. The fourth-order valence-corrected chi connectivity index (χ4v) is 2.22. The highest BCUT2D eigenvalue weighted by atomic mass is 79.9. The Morgan fingerprint density at radius 3 is 2.86 bits per heavy atom. The third-order valence-corrected chi connectivity index (χ3v) is 3.31. The zero-order chi connectivity index (χ0) is 15.9. The van der Waals surface area contributed by atoms with Crippen LogP contribution in [0.3, 0.4) is 0 Å². The maximum atomic E-state index is 11.1. The molecule has 6 heteroatoms. The number of nitrogens with one attached hydrogen (secondary N) is 1. The average Bonchev–Trinajstić information content (AvgIpc) is 2.50. The predicted molar refractivity (Wildman–Crippen MR) is 89.9 cm³/mol. The Labute approximate surface area is 136 Å². The van der Waals surface area contributed by atoms with E-state index in [4.69, 9.17) is 9.84 Å². The van der Waals surface area contributed by atoms with Gasteiger partial charge in [-0.05, 0) is 37.3 Å². The smallest absolute Gasteiger partial charge is 0.337 e. The van der Waals surface area contributed by atoms with E-state index in [-0.39, 0.29) is 5.56 Å². The molecular weight excluding hydrogens is 348 g/mol. The van der Waals surface area contributed by atoms with Crippen LogP contribution in [0.2, 0.25) is 0 Å². The van der Waals surface area contributed by atoms with Crippen molar-refractivity contribution in [3.63, 3.8) is 0 Å². The molecule has 0 amide bonds. The number of hydrogen-bond acceptors (Lipinski definition) is 4. The number of para-hydroxylation sites is 1. The van der Waals surface area contributed by atoms with Gasteiger partial charge in [-0.25, -0.2) is 4.79 Å². The van der Waals surface area contributed by atoms with Gasteiger partial charge in [0, 0.05) is 10.0 Å². The molecule has 5 nitrogen and oxygen atoms in total. The van der Waals surface area contributed by atoms with Gasteiger partial charge in [-0.15, -0.1) is 0 Å². The normalized spacial score (nSPS) is 10.6. The van der Waals surface area contributed by atoms with Crippen LogP contribution in [0.1, 0.15) is 22.8 Å². The summed E-state index contributed by atoms with van der Waals surface area (Å²) in [4.78, 5) is 11.1. The quantitative estimate of drug-likeness (QED) is 0.601. The lowest BCUT2D eigenvalue weighted by Crippen LogP contribution is -2.02. The van der Waals surface area contributed by atoms with Crippen molar-refractivity contribution in [2.24, 2.45) is 5.10 Å². The first kappa shape index (κ1) is 16.0. The fourth-order valence-electron chi connectivity index (χ4n) is 1.85. The highest BCUT2D eigenvalue weighted by molar-refractivity contribution is 9.10. The Bertz CT molecular complexity index is 702. The molecule has 2 N–H and O–H groups in total. The van der Waals surface area contributed by atoms with Gasteiger partial charge < -0.3 is 9.84 Å². The number of rotatable bonds is 6. The van der Waals surface area contributed by atoms with Crippen molar-refractivity contribution in [3.8, 4) is 5.75 Å². The highest BCUT2D eigenvalue weighted by Gasteiger charge is 2.08. The van der Waals surface area contributed by atoms with E-state index in [1.54, 1.807) is 24.4 Å². The first-order chi connectivity index (χ1) is 10.6. The van der Waals surface area contributed by atoms with Crippen molar-refractivity contribution < 1.29 is 14.6 Å². The van der Waals surface area contributed by atoms with E-state index in [1.165, 1.54) is 6.07 Å². The molecule has 0 bridgehead atoms. The van der Waals surface area contributed by atoms with Crippen molar-refractivity contribution in [2.75, 3.05) is 12.0 Å². The molecule has 0 aliphatic carbocycles. The molecule has 0 aliphatic rings. The summed E-state index contributed by atoms with van der Waals surface area (Å²) < 4.78 is 6.43. The summed E-state index contributed by atoms with van der Waals surface area (Å²) in [7, 11) is 0. The largest absolute Gasteiger partial charge is 0.493 e. The Morgan fingerprint density at radius 1 is 1.36 bits per heavy atom. The SMILES string of the molecule is CCOc1ccc(Br)cc1/C=N\Nc1ccccc1C(=O)O. The minimum absolute atomic E-state index is 0.166. The van der Waals surface area contributed by atoms with Crippen molar-refractivity contribution in [1.82, 2.24) is 0 Å². The Morgan fingerprint density at radius 2 is 2.14 bits per heavy atom. The van der Waals surface area contributed by atoms with Gasteiger partial charge in [-0.2, -0.15) is 5.10 Å². The van der Waals surface area contributed by atoms with E-state index >= 15 is 0 Å². The molecule has 2 aromatic carbocycles. The monoisotopic (exact) mass is 362 g/mol. The number of carboxylic acids is 1. The molecule has 0 radical (unpaired) electrons. The molecule has 0 aromatic heterocycles. The van der Waals surface area contributed by atoms with Crippen LogP contribution in [0, 0.1) is 0 Å². The summed E-state index contributed by atoms with van der Waals surface area (Å²) in [6.45, 7) is 2.46. The maximum absolute atomic E-state index is 11.1. The van der Waals surface area contributed by atoms with Crippen molar-refractivity contribution in [2.45, 2.75) is 6.92 Å². The molecule has 0 saturated heterocycles. The molecule has 2 aromatic rings. The number of hydrogen-bond donors (Lipinski definition) is 2. The van der Waals surface area contributed by atoms with Gasteiger partial charge in [-0.3, -0.25) is 5.43 Å². The summed E-state index contributed by atoms with van der Waals surface area (Å²) in [5.74, 6) is -0.293. The number of benzene rings is 2. The number of ether oxygens (including phenoxy) is 1. The zero-order valence-corrected chi connectivity index (χ0v) is 13.5. The molecular formula is C16H15BrN2O3. The molecule has 0 spiro atoms. The van der Waals surface area contributed by atoms with E-state index in [2.05, 4.69) is 26.5 Å². The minimum atomic E-state index is -1.00. The molecule has 0 saturated carbocycles. The molecule has 0 fully saturated rings. The van der Waals surface area contributed by atoms with Crippen LogP contribution in [0.25, 0.3) is 0 Å². The van der Waals surface area contributed by atoms with Gasteiger partial charge in [-0.1, -0.05) is 28.1 Å². The number of hydrazone groups is 1. The van der Waals surface area contributed by atoms with E-state index in [0.717, 1.165) is 10.0 Å². The lowest BCUT2D eigenvalue weighted by molar-refractivity contribution is 0.0698. The van der Waals surface area contributed by atoms with Crippen LogP contribution in [0.4, 0.5) is 5.69 Å². The lowest BCUT2D eigenvalue weighted by atomic mass is 10.2. The summed E-state index contributed by atoms with van der Waals surface area (Å²) in [6, 6.07) is 12.2. The van der Waals surface area contributed by atoms with Crippen molar-refractivity contribution >= 4 is 33.8 Å². The number of aromatic carboxylic acids is 1. The molecule has 22 heavy (non-hydrogen) atoms. The first-order valence-electron chi connectivity index (χ1n) is 6.65. The van der Waals surface area contributed by atoms with Gasteiger partial charge in [0.15, 0.2) is 0 Å². The summed E-state index contributed by atoms with van der Waals surface area (Å²) in [5, 5.41) is 13.2. The van der Waals surface area contributed by atoms with Crippen LogP contribution >= 0.6 is 15.9 Å². The third kappa shape index (κ3) is 4.08. The van der Waals surface area contributed by atoms with Gasteiger partial charge in [0.1, 0.15) is 5.75 Å². The Kier molecular flexibility index (Phi) is 5.55. The summed E-state index contributed by atoms with van der Waals surface area (Å²) >= 11 is 3.40. The van der Waals surface area contributed by atoms with E-state index < -0.39 is 5.97 Å². The standard InChI is InChI=1S/C16H15BrN2O3/c1-2-22-15-8-7-12(17)9-11(15)10-18-19-14-6-4-3-5-13(14)16(20)21/h3-10,19H,2H2,1H3,(H,20,21)/b18-10-. The van der Waals surface area contributed by atoms with E-state index in [0.29, 0.717) is 18.0 Å². The molecule has 2 rings (SSSR count). The van der Waals surface area contributed by atoms with Gasteiger partial charge >= 0.3 is 5.97 Å². The van der Waals surface area contributed by atoms with Crippen LogP contribution in [0.15, 0.2) is 52.0 Å². The predicted octanol–water partition coefficient (Wildman–Crippen LogP) is 3.99. The number of carboxylic acid groups (broad SMARTS) is 1. The third-order valence-electron chi connectivity index (χ3n) is 2.82. The zero-order valence-electron chi connectivity index (χ0n) is 11.9. The van der Waals surface area contributed by atoms with E-state index in [9.17, 15) is 4.79 Å². The number of carbonyl (C=O) groups is 1. The summed E-state index contributed by atoms with van der Waals surface area (Å²) in [6.07, 6.45) is 1.59. The van der Waals surface area contributed by atoms with Gasteiger partial charge in [0.25, 0.3) is 0 Å². The molecule has 0 unspecified atom stereocenters. The average molecular weight is 363 g/mol. The second kappa shape index (κ2) is 7.61. The topological polar surface area (TPSA) is 70.9 Å². The molecule has 114 valence electrons. The van der Waals surface area contributed by atoms with E-state index in [1.807, 2.05) is 25.1 Å². The van der Waals surface area contributed by atoms with Crippen molar-refractivity contribution in [1.29, 1.82) is 0 Å². The number of nitrogens with zero attached hydrogens (tertiary/aromatic N) is 1. The second-order valence-corrected chi connectivity index (χ2v) is 5.25. The summed E-state index contributed by atoms with van der Waals surface area (Å²) in [5.41, 5.74) is 4.13. The van der Waals surface area contributed by atoms with Crippen LogP contribution in [0.5, 0.6) is 5.75 Å². The Balaban J connectivity index is 2.20. The molecule has 0 aliphatic heterocycles. The van der Waals surface area contributed by atoms with Crippen LogP contribution < -0.4 is 10.2 Å².